The largest absolute Gasteiger partial charge is 0.507 e. The van der Waals surface area contributed by atoms with Gasteiger partial charge in [0.05, 0.1) is 5.52 Å². The Morgan fingerprint density at radius 3 is 2.57 bits per heavy atom. The molecule has 0 unspecified atom stereocenters. The summed E-state index contributed by atoms with van der Waals surface area (Å²) in [6, 6.07) is 9.59. The maximum atomic E-state index is 12.0. The second-order valence-corrected chi connectivity index (χ2v) is 5.24. The highest BCUT2D eigenvalue weighted by Gasteiger charge is 2.08. The summed E-state index contributed by atoms with van der Waals surface area (Å²) in [6.07, 6.45) is 0. The van der Waals surface area contributed by atoms with Crippen LogP contribution in [0.15, 0.2) is 41.2 Å². The number of halogens is 2. The zero-order chi connectivity index (χ0) is 15.0. The molecule has 0 bridgehead atoms. The molecule has 0 saturated carbocycles. The Morgan fingerprint density at radius 1 is 1.14 bits per heavy atom. The molecule has 21 heavy (non-hydrogen) atoms. The Morgan fingerprint density at radius 2 is 1.86 bits per heavy atom. The second-order valence-electron chi connectivity index (χ2n) is 4.37. The summed E-state index contributed by atoms with van der Waals surface area (Å²) < 4.78 is 0. The van der Waals surface area contributed by atoms with Gasteiger partial charge < -0.3 is 10.4 Å². The molecule has 0 saturated heterocycles. The Kier molecular flexibility index (Phi) is 3.45. The van der Waals surface area contributed by atoms with Crippen LogP contribution in [0.25, 0.3) is 10.9 Å². The van der Waals surface area contributed by atoms with Crippen LogP contribution in [0.3, 0.4) is 0 Å². The van der Waals surface area contributed by atoms with Crippen molar-refractivity contribution in [2.75, 3.05) is 5.32 Å². The molecule has 106 valence electrons. The first-order valence-electron chi connectivity index (χ1n) is 5.98. The van der Waals surface area contributed by atoms with E-state index in [0.717, 1.165) is 0 Å². The van der Waals surface area contributed by atoms with Gasteiger partial charge in [0.25, 0.3) is 5.56 Å². The number of H-pyrrole nitrogens is 1. The van der Waals surface area contributed by atoms with Crippen molar-refractivity contribution in [3.63, 3.8) is 0 Å². The number of phenols is 1. The van der Waals surface area contributed by atoms with Gasteiger partial charge in [0.1, 0.15) is 11.1 Å². The molecule has 1 aromatic heterocycles. The van der Waals surface area contributed by atoms with E-state index in [-0.39, 0.29) is 17.1 Å². The number of hydrogen-bond acceptors (Lipinski definition) is 4. The second kappa shape index (κ2) is 5.27. The van der Waals surface area contributed by atoms with Crippen LogP contribution in [-0.2, 0) is 0 Å². The van der Waals surface area contributed by atoms with Crippen LogP contribution in [0, 0.1) is 0 Å². The van der Waals surface area contributed by atoms with E-state index in [1.54, 1.807) is 30.3 Å². The molecule has 7 heteroatoms. The molecule has 0 atom stereocenters. The fourth-order valence-electron chi connectivity index (χ4n) is 1.99. The minimum absolute atomic E-state index is 0.112. The van der Waals surface area contributed by atoms with Gasteiger partial charge in [0.2, 0.25) is 5.95 Å². The zero-order valence-corrected chi connectivity index (χ0v) is 12.0. The van der Waals surface area contributed by atoms with Crippen molar-refractivity contribution in [2.24, 2.45) is 0 Å². The predicted octanol–water partition coefficient (Wildman–Crippen LogP) is 3.68. The molecular weight excluding hydrogens is 313 g/mol. The average Bonchev–Trinajstić information content (AvgIpc) is 2.36. The minimum atomic E-state index is -0.436. The lowest BCUT2D eigenvalue weighted by Crippen LogP contribution is -2.11. The molecule has 0 aliphatic carbocycles. The molecule has 0 aliphatic rings. The van der Waals surface area contributed by atoms with Gasteiger partial charge in [0.15, 0.2) is 0 Å². The third kappa shape index (κ3) is 2.79. The van der Waals surface area contributed by atoms with E-state index >= 15 is 0 Å². The number of nitrogens with one attached hydrogen (secondary N) is 2. The van der Waals surface area contributed by atoms with Gasteiger partial charge in [0, 0.05) is 15.7 Å². The number of aromatic nitrogens is 2. The van der Waals surface area contributed by atoms with Crippen molar-refractivity contribution in [3.8, 4) is 5.75 Å². The Hall–Kier alpha value is -2.24. The first kappa shape index (κ1) is 13.7. The van der Waals surface area contributed by atoms with E-state index in [1.165, 1.54) is 6.07 Å². The standard InChI is InChI=1S/C14H9Cl2N3O2/c15-7-4-8(16)6-9(5-7)17-14-18-10-2-1-3-11(20)12(10)13(21)19-14/h1-6,20H,(H2,17,18,19,21). The molecule has 5 nitrogen and oxygen atoms in total. The van der Waals surface area contributed by atoms with Gasteiger partial charge in [-0.1, -0.05) is 29.3 Å². The van der Waals surface area contributed by atoms with Crippen LogP contribution in [-0.4, -0.2) is 15.1 Å². The van der Waals surface area contributed by atoms with Gasteiger partial charge >= 0.3 is 0 Å². The highest BCUT2D eigenvalue weighted by Crippen LogP contribution is 2.25. The number of anilines is 2. The SMILES string of the molecule is O=c1[nH]c(Nc2cc(Cl)cc(Cl)c2)nc2cccc(O)c12. The zero-order valence-electron chi connectivity index (χ0n) is 10.5. The monoisotopic (exact) mass is 321 g/mol. The molecule has 0 aliphatic heterocycles. The number of aromatic hydroxyl groups is 1. The van der Waals surface area contributed by atoms with E-state index in [9.17, 15) is 9.90 Å². The third-order valence-electron chi connectivity index (χ3n) is 2.84. The third-order valence-corrected chi connectivity index (χ3v) is 3.27. The van der Waals surface area contributed by atoms with E-state index in [0.29, 0.717) is 21.2 Å². The fraction of sp³-hybridized carbons (Fsp3) is 0. The van der Waals surface area contributed by atoms with Gasteiger partial charge in [-0.2, -0.15) is 0 Å². The maximum Gasteiger partial charge on any atom is 0.263 e. The van der Waals surface area contributed by atoms with Crippen LogP contribution in [0.2, 0.25) is 10.0 Å². The first-order chi connectivity index (χ1) is 10.0. The van der Waals surface area contributed by atoms with Crippen molar-refractivity contribution in [1.29, 1.82) is 0 Å². The van der Waals surface area contributed by atoms with Crippen LogP contribution in [0.5, 0.6) is 5.75 Å². The molecule has 0 spiro atoms. The predicted molar refractivity (Wildman–Crippen MR) is 83.8 cm³/mol. The average molecular weight is 322 g/mol. The minimum Gasteiger partial charge on any atom is -0.507 e. The van der Waals surface area contributed by atoms with Crippen LogP contribution >= 0.6 is 23.2 Å². The smallest absolute Gasteiger partial charge is 0.263 e. The highest BCUT2D eigenvalue weighted by atomic mass is 35.5. The van der Waals surface area contributed by atoms with E-state index in [4.69, 9.17) is 23.2 Å². The van der Waals surface area contributed by atoms with Crippen LogP contribution in [0.4, 0.5) is 11.6 Å². The highest BCUT2D eigenvalue weighted by molar-refractivity contribution is 6.35. The van der Waals surface area contributed by atoms with Crippen molar-refractivity contribution in [2.45, 2.75) is 0 Å². The normalized spacial score (nSPS) is 10.8. The number of fused-ring (bicyclic) bond motifs is 1. The van der Waals surface area contributed by atoms with Crippen molar-refractivity contribution in [3.05, 3.63) is 56.8 Å². The maximum absolute atomic E-state index is 12.0. The van der Waals surface area contributed by atoms with Gasteiger partial charge in [-0.15, -0.1) is 0 Å². The van der Waals surface area contributed by atoms with Gasteiger partial charge in [-0.05, 0) is 30.3 Å². The quantitative estimate of drug-likeness (QED) is 0.672. The molecule has 1 heterocycles. The topological polar surface area (TPSA) is 78.0 Å². The van der Waals surface area contributed by atoms with Crippen LogP contribution < -0.4 is 10.9 Å². The number of aromatic amines is 1. The molecule has 3 aromatic rings. The number of phenolic OH excluding ortho intramolecular Hbond substituents is 1. The van der Waals surface area contributed by atoms with Gasteiger partial charge in [-0.25, -0.2) is 4.98 Å². The van der Waals surface area contributed by atoms with Gasteiger partial charge in [-0.3, -0.25) is 9.78 Å². The fourth-order valence-corrected chi connectivity index (χ4v) is 2.52. The number of benzene rings is 2. The van der Waals surface area contributed by atoms with E-state index in [1.807, 2.05) is 0 Å². The molecule has 0 amide bonds. The summed E-state index contributed by atoms with van der Waals surface area (Å²) in [5, 5.41) is 13.7. The summed E-state index contributed by atoms with van der Waals surface area (Å²) in [5.41, 5.74) is 0.540. The number of rotatable bonds is 2. The summed E-state index contributed by atoms with van der Waals surface area (Å²) >= 11 is 11.8. The number of hydrogen-bond donors (Lipinski definition) is 3. The summed E-state index contributed by atoms with van der Waals surface area (Å²) in [4.78, 5) is 18.8. The molecule has 3 N–H and O–H groups in total. The van der Waals surface area contributed by atoms with Crippen molar-refractivity contribution < 1.29 is 5.11 Å². The lowest BCUT2D eigenvalue weighted by atomic mass is 10.2. The van der Waals surface area contributed by atoms with Crippen molar-refractivity contribution >= 4 is 45.7 Å². The van der Waals surface area contributed by atoms with Crippen molar-refractivity contribution in [1.82, 2.24) is 9.97 Å². The molecular formula is C14H9Cl2N3O2. The molecule has 2 aromatic carbocycles. The van der Waals surface area contributed by atoms with Crippen LogP contribution in [0.1, 0.15) is 0 Å². The number of nitrogens with zero attached hydrogens (tertiary/aromatic N) is 1. The first-order valence-corrected chi connectivity index (χ1v) is 6.73. The lowest BCUT2D eigenvalue weighted by Gasteiger charge is -2.08. The summed E-state index contributed by atoms with van der Waals surface area (Å²) in [6.45, 7) is 0. The van der Waals surface area contributed by atoms with E-state index < -0.39 is 5.56 Å². The summed E-state index contributed by atoms with van der Waals surface area (Å²) in [5.74, 6) is 0.120. The van der Waals surface area contributed by atoms with E-state index in [2.05, 4.69) is 15.3 Å². The molecule has 0 radical (unpaired) electrons. The molecule has 0 fully saturated rings. The Bertz CT molecular complexity index is 873. The molecule has 3 rings (SSSR count). The Balaban J connectivity index is 2.07. The summed E-state index contributed by atoms with van der Waals surface area (Å²) in [7, 11) is 0. The lowest BCUT2D eigenvalue weighted by molar-refractivity contribution is 0.481. The Labute approximate surface area is 129 Å².